The number of anilines is 2. The van der Waals surface area contributed by atoms with Crippen molar-refractivity contribution < 1.29 is 23.9 Å². The van der Waals surface area contributed by atoms with E-state index in [9.17, 15) is 14.4 Å². The van der Waals surface area contributed by atoms with Gasteiger partial charge in [0.25, 0.3) is 0 Å². The van der Waals surface area contributed by atoms with Gasteiger partial charge >= 0.3 is 12.1 Å². The molecule has 12 heteroatoms. The topological polar surface area (TPSA) is 114 Å². The molecule has 3 saturated heterocycles. The summed E-state index contributed by atoms with van der Waals surface area (Å²) in [6.45, 7) is 5.34. The van der Waals surface area contributed by atoms with Crippen LogP contribution in [-0.2, 0) is 11.8 Å². The molecule has 1 aromatic carbocycles. The van der Waals surface area contributed by atoms with Crippen LogP contribution in [0.1, 0.15) is 19.3 Å². The summed E-state index contributed by atoms with van der Waals surface area (Å²) in [5.41, 5.74) is 0.842. The Bertz CT molecular complexity index is 1150. The number of likely N-dealkylation sites (tertiary alicyclic amines) is 1. The van der Waals surface area contributed by atoms with Crippen molar-refractivity contribution in [3.8, 4) is 0 Å². The summed E-state index contributed by atoms with van der Waals surface area (Å²) in [6.07, 6.45) is 1.09. The Hall–Kier alpha value is -3.41. The van der Waals surface area contributed by atoms with Crippen molar-refractivity contribution in [1.29, 1.82) is 0 Å². The first-order valence-electron chi connectivity index (χ1n) is 12.0. The number of fused-ring (bicyclic) bond motifs is 1. The lowest BCUT2D eigenvalue weighted by Gasteiger charge is -2.39. The molecule has 4 amide bonds. The number of rotatable bonds is 4. The Morgan fingerprint density at radius 2 is 1.83 bits per heavy atom. The Morgan fingerprint density at radius 3 is 2.49 bits per heavy atom. The van der Waals surface area contributed by atoms with Gasteiger partial charge in [0.15, 0.2) is 11.6 Å². The first-order chi connectivity index (χ1) is 16.8. The third-order valence-electron chi connectivity index (χ3n) is 7.33. The summed E-state index contributed by atoms with van der Waals surface area (Å²) in [6, 6.07) is 2.99. The highest BCUT2D eigenvalue weighted by atomic mass is 19.1. The molecule has 188 valence electrons. The highest BCUT2D eigenvalue weighted by Crippen LogP contribution is 2.34. The normalized spacial score (nSPS) is 20.6. The number of imide groups is 1. The quantitative estimate of drug-likeness (QED) is 0.674. The van der Waals surface area contributed by atoms with Crippen molar-refractivity contribution in [3.63, 3.8) is 0 Å². The summed E-state index contributed by atoms with van der Waals surface area (Å²) in [4.78, 5) is 42.2. The number of nitrogens with one attached hydrogen (secondary N) is 1. The minimum absolute atomic E-state index is 0.174. The van der Waals surface area contributed by atoms with Crippen LogP contribution in [0.25, 0.3) is 10.9 Å². The molecule has 0 spiro atoms. The Morgan fingerprint density at radius 1 is 1.11 bits per heavy atom. The average molecular weight is 488 g/mol. The van der Waals surface area contributed by atoms with Crippen LogP contribution in [0.2, 0.25) is 0 Å². The number of carbonyl (C=O) groups is 3. The van der Waals surface area contributed by atoms with Gasteiger partial charge in [-0.1, -0.05) is 0 Å². The van der Waals surface area contributed by atoms with Gasteiger partial charge in [-0.3, -0.25) is 24.6 Å². The van der Waals surface area contributed by atoms with Crippen LogP contribution in [0.3, 0.4) is 0 Å². The van der Waals surface area contributed by atoms with Crippen LogP contribution in [0.15, 0.2) is 12.1 Å². The smallest absolute Gasteiger partial charge is 0.407 e. The molecule has 0 aliphatic carbocycles. The van der Waals surface area contributed by atoms with Gasteiger partial charge in [0.1, 0.15) is 5.52 Å². The second-order valence-electron chi connectivity index (χ2n) is 9.50. The van der Waals surface area contributed by atoms with Gasteiger partial charge in [0.05, 0.1) is 5.69 Å². The summed E-state index contributed by atoms with van der Waals surface area (Å²) in [5.74, 6) is 0.133. The molecule has 3 aliphatic rings. The molecule has 35 heavy (non-hydrogen) atoms. The van der Waals surface area contributed by atoms with E-state index in [1.54, 1.807) is 19.2 Å². The molecule has 0 radical (unpaired) electrons. The maximum Gasteiger partial charge on any atom is 0.407 e. The fraction of sp³-hybridized carbons (Fsp3) is 0.565. The van der Waals surface area contributed by atoms with Gasteiger partial charge in [0, 0.05) is 71.2 Å². The van der Waals surface area contributed by atoms with E-state index >= 15 is 4.39 Å². The van der Waals surface area contributed by atoms with E-state index < -0.39 is 12.1 Å². The number of aromatic nitrogens is 2. The minimum Gasteiger partial charge on any atom is -0.465 e. The van der Waals surface area contributed by atoms with Crippen LogP contribution in [-0.4, -0.2) is 95.1 Å². The summed E-state index contributed by atoms with van der Waals surface area (Å²) < 4.78 is 17.1. The molecule has 2 aromatic rings. The van der Waals surface area contributed by atoms with E-state index in [1.165, 1.54) is 14.5 Å². The number of piperazine rings is 1. The van der Waals surface area contributed by atoms with Gasteiger partial charge in [-0.2, -0.15) is 5.10 Å². The van der Waals surface area contributed by atoms with E-state index in [4.69, 9.17) is 5.11 Å². The number of amides is 4. The first kappa shape index (κ1) is 23.3. The zero-order chi connectivity index (χ0) is 24.7. The first-order valence-corrected chi connectivity index (χ1v) is 12.0. The molecule has 11 nitrogen and oxygen atoms in total. The van der Waals surface area contributed by atoms with E-state index in [0.29, 0.717) is 54.5 Å². The highest BCUT2D eigenvalue weighted by molar-refractivity contribution is 6.09. The van der Waals surface area contributed by atoms with Gasteiger partial charge in [0.2, 0.25) is 5.91 Å². The van der Waals surface area contributed by atoms with Crippen molar-refractivity contribution in [2.45, 2.75) is 19.3 Å². The lowest BCUT2D eigenvalue weighted by atomic mass is 9.96. The van der Waals surface area contributed by atoms with Gasteiger partial charge in [-0.25, -0.2) is 14.0 Å². The number of urea groups is 1. The molecule has 0 unspecified atom stereocenters. The summed E-state index contributed by atoms with van der Waals surface area (Å²) in [5, 5.41) is 16.3. The molecule has 0 saturated carbocycles. The third kappa shape index (κ3) is 4.49. The van der Waals surface area contributed by atoms with Gasteiger partial charge in [-0.15, -0.1) is 0 Å². The molecule has 3 fully saturated rings. The number of piperidine rings is 1. The van der Waals surface area contributed by atoms with Crippen molar-refractivity contribution >= 4 is 40.4 Å². The molecule has 1 aromatic heterocycles. The largest absolute Gasteiger partial charge is 0.465 e. The molecule has 4 heterocycles. The predicted molar refractivity (Wildman–Crippen MR) is 127 cm³/mol. The van der Waals surface area contributed by atoms with Crippen LogP contribution < -0.4 is 15.1 Å². The maximum atomic E-state index is 15.7. The number of benzene rings is 1. The monoisotopic (exact) mass is 487 g/mol. The second kappa shape index (κ2) is 9.33. The zero-order valence-electron chi connectivity index (χ0n) is 19.7. The fourth-order valence-electron chi connectivity index (χ4n) is 5.35. The Balaban J connectivity index is 1.25. The van der Waals surface area contributed by atoms with Crippen LogP contribution >= 0.6 is 0 Å². The number of carbonyl (C=O) groups excluding carboxylic acids is 2. The predicted octanol–water partition coefficient (Wildman–Crippen LogP) is 1.67. The standard InChI is InChI=1S/C23H30FN7O4/c1-27-20-16(21(26-27)31-9-6-18(32)25-22(31)33)2-3-17(19(20)24)29-12-10-28(11-13-29)14-15-4-7-30(8-5-15)23(34)35/h2-3,15H,4-14H2,1H3,(H,34,35)(H,25,32,33). The van der Waals surface area contributed by atoms with E-state index in [2.05, 4.69) is 15.3 Å². The molecular weight excluding hydrogens is 457 g/mol. The van der Waals surface area contributed by atoms with E-state index in [-0.39, 0.29) is 24.7 Å². The molecular formula is C23H30FN7O4. The Labute approximate surface area is 202 Å². The summed E-state index contributed by atoms with van der Waals surface area (Å²) >= 11 is 0. The van der Waals surface area contributed by atoms with Crippen molar-refractivity contribution in [2.24, 2.45) is 13.0 Å². The lowest BCUT2D eigenvalue weighted by Crippen LogP contribution is -2.49. The molecule has 0 atom stereocenters. The fourth-order valence-corrected chi connectivity index (χ4v) is 5.35. The van der Waals surface area contributed by atoms with Crippen molar-refractivity contribution in [3.05, 3.63) is 17.9 Å². The van der Waals surface area contributed by atoms with E-state index in [1.807, 2.05) is 4.90 Å². The lowest BCUT2D eigenvalue weighted by molar-refractivity contribution is -0.120. The number of halogens is 1. The van der Waals surface area contributed by atoms with Crippen LogP contribution in [0.5, 0.6) is 0 Å². The van der Waals surface area contributed by atoms with Crippen LogP contribution in [0, 0.1) is 11.7 Å². The molecule has 3 aliphatic heterocycles. The number of carboxylic acid groups (broad SMARTS) is 1. The number of hydrogen-bond acceptors (Lipinski definition) is 6. The maximum absolute atomic E-state index is 15.7. The molecule has 5 rings (SSSR count). The molecule has 2 N–H and O–H groups in total. The molecule has 0 bridgehead atoms. The van der Waals surface area contributed by atoms with Crippen molar-refractivity contribution in [1.82, 2.24) is 24.9 Å². The van der Waals surface area contributed by atoms with Crippen molar-refractivity contribution in [2.75, 3.05) is 62.2 Å². The number of nitrogens with zero attached hydrogens (tertiary/aromatic N) is 6. The number of hydrogen-bond donors (Lipinski definition) is 2. The SMILES string of the molecule is Cn1nc(N2CCC(=O)NC2=O)c2ccc(N3CCN(CC4CCN(C(=O)O)CC4)CC3)c(F)c21. The average Bonchev–Trinajstić information content (AvgIpc) is 3.17. The van der Waals surface area contributed by atoms with Gasteiger partial charge < -0.3 is 14.9 Å². The second-order valence-corrected chi connectivity index (χ2v) is 9.50. The highest BCUT2D eigenvalue weighted by Gasteiger charge is 2.30. The van der Waals surface area contributed by atoms with E-state index in [0.717, 1.165) is 32.5 Å². The summed E-state index contributed by atoms with van der Waals surface area (Å²) in [7, 11) is 1.65. The van der Waals surface area contributed by atoms with Crippen LogP contribution in [0.4, 0.5) is 25.5 Å². The third-order valence-corrected chi connectivity index (χ3v) is 7.33. The minimum atomic E-state index is -0.842. The Kier molecular flexibility index (Phi) is 6.22. The number of aryl methyl sites for hydroxylation is 1. The van der Waals surface area contributed by atoms with Gasteiger partial charge in [-0.05, 0) is 30.9 Å². The zero-order valence-corrected chi connectivity index (χ0v) is 19.7.